The van der Waals surface area contributed by atoms with Gasteiger partial charge in [-0.05, 0) is 69.7 Å². The largest absolute Gasteiger partial charge is 0.497 e. The maximum atomic E-state index is 13.2. The molecule has 1 N–H and O–H groups in total. The standard InChI is InChI=1S/C47H55N5O6Si/c1-31(2)59(32(3)4,33(5)6)58-41-27-40(57-46(41)52-30-50-42-43(48-29-49-44(42)52)51-45(53)34-15-11-9-12-16-34)28-56-47(35-17-13-10-14-18-35,36-19-23-38(54-7)24-20-36)37-21-25-39(55-8)26-22-37/h9-26,29-33,40-41,46H,27-28H2,1-8H3,(H,48,49,51,53)/t40-,41-,46-/m1/s1. The van der Waals surface area contributed by atoms with Crippen LogP contribution in [-0.4, -0.2) is 66.8 Å². The van der Waals surface area contributed by atoms with Crippen molar-refractivity contribution in [1.82, 2.24) is 19.5 Å². The summed E-state index contributed by atoms with van der Waals surface area (Å²) in [6.45, 7) is 14.0. The Bertz CT molecular complexity index is 2230. The van der Waals surface area contributed by atoms with Gasteiger partial charge in [0, 0.05) is 12.0 Å². The van der Waals surface area contributed by atoms with Crippen molar-refractivity contribution >= 4 is 31.2 Å². The van der Waals surface area contributed by atoms with Gasteiger partial charge in [0.2, 0.25) is 8.32 Å². The Hall–Kier alpha value is -5.40. The average molecular weight is 814 g/mol. The number of anilines is 1. The molecular formula is C47H55N5O6Si. The van der Waals surface area contributed by atoms with E-state index in [0.29, 0.717) is 45.6 Å². The summed E-state index contributed by atoms with van der Waals surface area (Å²) in [6.07, 6.45) is 2.43. The minimum absolute atomic E-state index is 0.239. The number of hydrogen-bond acceptors (Lipinski definition) is 9. The normalized spacial score (nSPS) is 17.2. The molecule has 12 heteroatoms. The van der Waals surface area contributed by atoms with Gasteiger partial charge in [0.15, 0.2) is 23.2 Å². The number of hydrogen-bond donors (Lipinski definition) is 1. The van der Waals surface area contributed by atoms with E-state index in [1.165, 1.54) is 6.33 Å². The molecule has 0 bridgehead atoms. The zero-order valence-corrected chi connectivity index (χ0v) is 36.2. The predicted molar refractivity (Wildman–Crippen MR) is 232 cm³/mol. The number of carbonyl (C=O) groups excluding carboxylic acids is 1. The minimum Gasteiger partial charge on any atom is -0.497 e. The summed E-state index contributed by atoms with van der Waals surface area (Å²) < 4.78 is 35.1. The molecule has 0 aliphatic carbocycles. The summed E-state index contributed by atoms with van der Waals surface area (Å²) in [5, 5.41) is 2.94. The molecule has 3 heterocycles. The van der Waals surface area contributed by atoms with Crippen molar-refractivity contribution in [2.24, 2.45) is 0 Å². The lowest BCUT2D eigenvalue weighted by molar-refractivity contribution is -0.0843. The van der Waals surface area contributed by atoms with E-state index in [4.69, 9.17) is 28.4 Å². The lowest BCUT2D eigenvalue weighted by Crippen LogP contribution is -2.51. The number of aromatic nitrogens is 4. The molecule has 3 atom stereocenters. The van der Waals surface area contributed by atoms with Crippen LogP contribution >= 0.6 is 0 Å². The molecule has 0 radical (unpaired) electrons. The van der Waals surface area contributed by atoms with E-state index in [1.807, 2.05) is 65.2 Å². The molecule has 0 saturated carbocycles. The molecule has 2 aromatic heterocycles. The maximum absolute atomic E-state index is 13.2. The summed E-state index contributed by atoms with van der Waals surface area (Å²) in [4.78, 5) is 27.1. The topological polar surface area (TPSA) is 119 Å². The molecule has 59 heavy (non-hydrogen) atoms. The number of imidazole rings is 1. The number of fused-ring (bicyclic) bond motifs is 1. The fourth-order valence-electron chi connectivity index (χ4n) is 9.04. The van der Waals surface area contributed by atoms with Crippen molar-refractivity contribution in [3.63, 3.8) is 0 Å². The van der Waals surface area contributed by atoms with Crippen molar-refractivity contribution in [1.29, 1.82) is 0 Å². The molecule has 1 aliphatic heterocycles. The second kappa shape index (κ2) is 17.8. The molecule has 1 fully saturated rings. The van der Waals surface area contributed by atoms with Gasteiger partial charge in [0.1, 0.15) is 23.4 Å². The number of methoxy groups -OCH3 is 2. The summed E-state index contributed by atoms with van der Waals surface area (Å²) in [7, 11) is 0.912. The second-order valence-corrected chi connectivity index (χ2v) is 21.4. The molecule has 0 unspecified atom stereocenters. The van der Waals surface area contributed by atoms with Crippen LogP contribution in [0.15, 0.2) is 122 Å². The molecular weight excluding hydrogens is 759 g/mol. The Morgan fingerprint density at radius 2 is 1.31 bits per heavy atom. The van der Waals surface area contributed by atoms with E-state index in [0.717, 1.165) is 28.2 Å². The van der Waals surface area contributed by atoms with Crippen molar-refractivity contribution in [2.75, 3.05) is 26.1 Å². The van der Waals surface area contributed by atoms with Crippen LogP contribution in [0.2, 0.25) is 16.6 Å². The van der Waals surface area contributed by atoms with E-state index in [2.05, 4.69) is 93.2 Å². The molecule has 1 aliphatic rings. The van der Waals surface area contributed by atoms with Gasteiger partial charge >= 0.3 is 0 Å². The highest BCUT2D eigenvalue weighted by Gasteiger charge is 2.51. The lowest BCUT2D eigenvalue weighted by atomic mass is 9.80. The van der Waals surface area contributed by atoms with Crippen molar-refractivity contribution in [3.05, 3.63) is 144 Å². The number of benzene rings is 4. The summed E-state index contributed by atoms with van der Waals surface area (Å²) in [6, 6.07) is 35.4. The van der Waals surface area contributed by atoms with E-state index in [-0.39, 0.29) is 24.7 Å². The smallest absolute Gasteiger partial charge is 0.256 e. The van der Waals surface area contributed by atoms with Crippen LogP contribution < -0.4 is 14.8 Å². The van der Waals surface area contributed by atoms with Gasteiger partial charge in [-0.25, -0.2) is 15.0 Å². The molecule has 11 nitrogen and oxygen atoms in total. The van der Waals surface area contributed by atoms with Crippen LogP contribution in [0.3, 0.4) is 0 Å². The van der Waals surface area contributed by atoms with Crippen molar-refractivity contribution in [2.45, 2.75) is 88.6 Å². The number of ether oxygens (including phenoxy) is 4. The number of rotatable bonds is 16. The number of nitrogens with zero attached hydrogens (tertiary/aromatic N) is 4. The van der Waals surface area contributed by atoms with Crippen molar-refractivity contribution < 1.29 is 28.2 Å². The van der Waals surface area contributed by atoms with Gasteiger partial charge in [0.05, 0.1) is 39.4 Å². The summed E-state index contributed by atoms with van der Waals surface area (Å²) in [5.74, 6) is 1.53. The monoisotopic (exact) mass is 813 g/mol. The highest BCUT2D eigenvalue weighted by molar-refractivity contribution is 6.77. The first-order valence-corrected chi connectivity index (χ1v) is 22.5. The van der Waals surface area contributed by atoms with Gasteiger partial charge < -0.3 is 28.7 Å². The number of amides is 1. The second-order valence-electron chi connectivity index (χ2n) is 16.0. The highest BCUT2D eigenvalue weighted by Crippen LogP contribution is 2.48. The van der Waals surface area contributed by atoms with Gasteiger partial charge in [-0.3, -0.25) is 9.36 Å². The molecule has 0 spiro atoms. The first-order valence-electron chi connectivity index (χ1n) is 20.4. The molecule has 1 saturated heterocycles. The van der Waals surface area contributed by atoms with Gasteiger partial charge in [-0.15, -0.1) is 0 Å². The quantitative estimate of drug-likeness (QED) is 0.0753. The fourth-order valence-corrected chi connectivity index (χ4v) is 14.6. The Morgan fingerprint density at radius 1 is 0.763 bits per heavy atom. The van der Waals surface area contributed by atoms with E-state index >= 15 is 0 Å². The lowest BCUT2D eigenvalue weighted by Gasteiger charge is -2.44. The highest BCUT2D eigenvalue weighted by atomic mass is 28.4. The third-order valence-corrected chi connectivity index (χ3v) is 17.9. The molecule has 308 valence electrons. The maximum Gasteiger partial charge on any atom is 0.256 e. The zero-order chi connectivity index (χ0) is 41.7. The molecule has 6 aromatic rings. The first kappa shape index (κ1) is 41.7. The van der Waals surface area contributed by atoms with Crippen LogP contribution in [0, 0.1) is 0 Å². The summed E-state index contributed by atoms with van der Waals surface area (Å²) >= 11 is 0. The van der Waals surface area contributed by atoms with Crippen molar-refractivity contribution in [3.8, 4) is 11.5 Å². The summed E-state index contributed by atoms with van der Waals surface area (Å²) in [5.41, 5.74) is 4.35. The Balaban J connectivity index is 1.28. The van der Waals surface area contributed by atoms with Crippen LogP contribution in [0.1, 0.15) is 81.2 Å². The molecule has 4 aromatic carbocycles. The van der Waals surface area contributed by atoms with E-state index in [1.54, 1.807) is 32.7 Å². The third-order valence-electron chi connectivity index (χ3n) is 11.8. The van der Waals surface area contributed by atoms with Crippen LogP contribution in [-0.2, 0) is 19.5 Å². The van der Waals surface area contributed by atoms with Crippen LogP contribution in [0.25, 0.3) is 11.2 Å². The van der Waals surface area contributed by atoms with Crippen LogP contribution in [0.5, 0.6) is 11.5 Å². The third kappa shape index (κ3) is 8.14. The Labute approximate surface area is 348 Å². The predicted octanol–water partition coefficient (Wildman–Crippen LogP) is 9.95. The minimum atomic E-state index is -2.42. The number of nitrogens with one attached hydrogen (secondary N) is 1. The zero-order valence-electron chi connectivity index (χ0n) is 35.2. The molecule has 7 rings (SSSR count). The average Bonchev–Trinajstić information content (AvgIpc) is 3.88. The van der Waals surface area contributed by atoms with Gasteiger partial charge in [-0.2, -0.15) is 0 Å². The number of carbonyl (C=O) groups is 1. The molecule has 1 amide bonds. The SMILES string of the molecule is COc1ccc(C(OC[C@H]2C[C@@H](O[Si](C(C)C)(C(C)C)C(C)C)[C@H](n3cnc4c(NC(=O)c5ccccc5)ncnc43)O2)(c2ccccc2)c2ccc(OC)cc2)cc1. The van der Waals surface area contributed by atoms with Gasteiger partial charge in [0.25, 0.3) is 5.91 Å². The fraction of sp³-hybridized carbons (Fsp3) is 0.362. The Kier molecular flexibility index (Phi) is 12.6. The van der Waals surface area contributed by atoms with Crippen LogP contribution in [0.4, 0.5) is 5.82 Å². The van der Waals surface area contributed by atoms with E-state index in [9.17, 15) is 4.79 Å². The van der Waals surface area contributed by atoms with Gasteiger partial charge in [-0.1, -0.05) is 114 Å². The Morgan fingerprint density at radius 3 is 1.85 bits per heavy atom. The van der Waals surface area contributed by atoms with E-state index < -0.39 is 20.1 Å². The first-order chi connectivity index (χ1) is 28.5.